The van der Waals surface area contributed by atoms with Crippen LogP contribution < -0.4 is 9.64 Å². The smallest absolute Gasteiger partial charge is 0.416 e. The highest BCUT2D eigenvalue weighted by molar-refractivity contribution is 5.81. The van der Waals surface area contributed by atoms with E-state index in [1.54, 1.807) is 11.0 Å². The molecule has 1 heterocycles. The summed E-state index contributed by atoms with van der Waals surface area (Å²) >= 11 is 0. The number of benzene rings is 2. The van der Waals surface area contributed by atoms with E-state index in [9.17, 15) is 18.0 Å². The van der Waals surface area contributed by atoms with Gasteiger partial charge in [0, 0.05) is 31.9 Å². The molecule has 7 heteroatoms. The topological polar surface area (TPSA) is 32.8 Å². The first-order valence-corrected chi connectivity index (χ1v) is 9.72. The molecule has 1 atom stereocenters. The molecule has 0 spiro atoms. The first-order chi connectivity index (χ1) is 13.8. The molecule has 0 aromatic heterocycles. The Morgan fingerprint density at radius 2 is 1.76 bits per heavy atom. The van der Waals surface area contributed by atoms with E-state index in [0.717, 1.165) is 17.7 Å². The van der Waals surface area contributed by atoms with Crippen molar-refractivity contribution in [3.8, 4) is 5.75 Å². The van der Waals surface area contributed by atoms with Crippen LogP contribution in [-0.2, 0) is 11.0 Å². The van der Waals surface area contributed by atoms with Gasteiger partial charge in [-0.3, -0.25) is 4.79 Å². The molecule has 1 amide bonds. The number of nitrogens with zero attached hydrogens (tertiary/aromatic N) is 2. The van der Waals surface area contributed by atoms with Gasteiger partial charge >= 0.3 is 6.18 Å². The maximum Gasteiger partial charge on any atom is 0.416 e. The molecule has 0 N–H and O–H groups in total. The van der Waals surface area contributed by atoms with Crippen LogP contribution in [-0.4, -0.2) is 43.1 Å². The Morgan fingerprint density at radius 3 is 2.38 bits per heavy atom. The van der Waals surface area contributed by atoms with Crippen molar-refractivity contribution in [2.75, 3.05) is 31.1 Å². The third kappa shape index (κ3) is 5.22. The highest BCUT2D eigenvalue weighted by atomic mass is 19.4. The fourth-order valence-corrected chi connectivity index (χ4v) is 3.43. The maximum atomic E-state index is 12.9. The molecule has 3 rings (SSSR count). The zero-order chi connectivity index (χ0) is 21.0. The van der Waals surface area contributed by atoms with Crippen LogP contribution in [0.1, 0.15) is 24.5 Å². The lowest BCUT2D eigenvalue weighted by atomic mass is 10.1. The number of halogens is 3. The standard InChI is InChI=1S/C22H25F3N2O2/c1-3-20(29-19-9-4-6-16(2)14-19)21(28)27-12-10-26(11-13-27)18-8-5-7-17(15-18)22(23,24)25/h4-9,14-15,20H,3,10-13H2,1-2H3/t20-/m0/s1. The van der Waals surface area contributed by atoms with Crippen molar-refractivity contribution in [1.29, 1.82) is 0 Å². The van der Waals surface area contributed by atoms with E-state index in [2.05, 4.69) is 0 Å². The van der Waals surface area contributed by atoms with Crippen LogP contribution in [0.15, 0.2) is 48.5 Å². The first-order valence-electron chi connectivity index (χ1n) is 9.72. The van der Waals surface area contributed by atoms with Crippen molar-refractivity contribution in [1.82, 2.24) is 4.90 Å². The number of aryl methyl sites for hydroxylation is 1. The lowest BCUT2D eigenvalue weighted by molar-refractivity contribution is -0.139. The van der Waals surface area contributed by atoms with E-state index in [1.165, 1.54) is 6.07 Å². The van der Waals surface area contributed by atoms with Crippen LogP contribution in [0.2, 0.25) is 0 Å². The molecule has 2 aromatic rings. The van der Waals surface area contributed by atoms with Crippen LogP contribution in [0.5, 0.6) is 5.75 Å². The summed E-state index contributed by atoms with van der Waals surface area (Å²) in [7, 11) is 0. The Bertz CT molecular complexity index is 846. The van der Waals surface area contributed by atoms with Crippen LogP contribution in [0.4, 0.5) is 18.9 Å². The molecule has 0 saturated carbocycles. The number of anilines is 1. The van der Waals surface area contributed by atoms with Gasteiger partial charge in [-0.1, -0.05) is 25.1 Å². The second-order valence-electron chi connectivity index (χ2n) is 7.19. The summed E-state index contributed by atoms with van der Waals surface area (Å²) in [5.41, 5.74) is 0.917. The predicted molar refractivity (Wildman–Crippen MR) is 106 cm³/mol. The second kappa shape index (κ2) is 8.76. The lowest BCUT2D eigenvalue weighted by Crippen LogP contribution is -2.52. The van der Waals surface area contributed by atoms with Crippen molar-refractivity contribution in [2.24, 2.45) is 0 Å². The summed E-state index contributed by atoms with van der Waals surface area (Å²) in [5, 5.41) is 0. The Kier molecular flexibility index (Phi) is 6.35. The Balaban J connectivity index is 1.61. The molecule has 29 heavy (non-hydrogen) atoms. The van der Waals surface area contributed by atoms with E-state index < -0.39 is 17.8 Å². The van der Waals surface area contributed by atoms with E-state index in [4.69, 9.17) is 4.74 Å². The molecule has 0 bridgehead atoms. The summed E-state index contributed by atoms with van der Waals surface area (Å²) in [5.74, 6) is 0.575. The van der Waals surface area contributed by atoms with Crippen LogP contribution >= 0.6 is 0 Å². The van der Waals surface area contributed by atoms with Gasteiger partial charge in [-0.2, -0.15) is 13.2 Å². The molecule has 0 radical (unpaired) electrons. The fraction of sp³-hybridized carbons (Fsp3) is 0.409. The number of carbonyl (C=O) groups excluding carboxylic acids is 1. The third-order valence-corrected chi connectivity index (χ3v) is 5.04. The van der Waals surface area contributed by atoms with Gasteiger partial charge in [0.25, 0.3) is 5.91 Å². The van der Waals surface area contributed by atoms with Crippen molar-refractivity contribution in [3.05, 3.63) is 59.7 Å². The van der Waals surface area contributed by atoms with Gasteiger partial charge in [0.1, 0.15) is 5.75 Å². The quantitative estimate of drug-likeness (QED) is 0.732. The van der Waals surface area contributed by atoms with Gasteiger partial charge in [0.05, 0.1) is 5.56 Å². The summed E-state index contributed by atoms with van der Waals surface area (Å²) in [4.78, 5) is 16.5. The van der Waals surface area contributed by atoms with E-state index in [1.807, 2.05) is 43.0 Å². The SMILES string of the molecule is CC[C@H](Oc1cccc(C)c1)C(=O)N1CCN(c2cccc(C(F)(F)F)c2)CC1. The predicted octanol–water partition coefficient (Wildman–Crippen LogP) is 4.52. The number of amides is 1. The maximum absolute atomic E-state index is 12.9. The van der Waals surface area contributed by atoms with E-state index in [0.29, 0.717) is 44.0 Å². The minimum atomic E-state index is -4.37. The molecule has 4 nitrogen and oxygen atoms in total. The average Bonchev–Trinajstić information content (AvgIpc) is 2.71. The van der Waals surface area contributed by atoms with Crippen molar-refractivity contribution < 1.29 is 22.7 Å². The summed E-state index contributed by atoms with van der Waals surface area (Å²) in [6.07, 6.45) is -4.40. The van der Waals surface area contributed by atoms with Gasteiger partial charge < -0.3 is 14.5 Å². The number of alkyl halides is 3. The van der Waals surface area contributed by atoms with E-state index in [-0.39, 0.29) is 5.91 Å². The highest BCUT2D eigenvalue weighted by Gasteiger charge is 2.32. The number of hydrogen-bond donors (Lipinski definition) is 0. The molecule has 0 aliphatic carbocycles. The number of piperazine rings is 1. The molecular formula is C22H25F3N2O2. The monoisotopic (exact) mass is 406 g/mol. The highest BCUT2D eigenvalue weighted by Crippen LogP contribution is 2.32. The Labute approximate surface area is 168 Å². The van der Waals surface area contributed by atoms with Gasteiger partial charge in [-0.05, 0) is 49.2 Å². The van der Waals surface area contributed by atoms with Crippen LogP contribution in [0.3, 0.4) is 0 Å². The van der Waals surface area contributed by atoms with Crippen molar-refractivity contribution >= 4 is 11.6 Å². The Morgan fingerprint density at radius 1 is 1.07 bits per heavy atom. The molecule has 1 saturated heterocycles. The second-order valence-corrected chi connectivity index (χ2v) is 7.19. The average molecular weight is 406 g/mol. The van der Waals surface area contributed by atoms with Crippen molar-refractivity contribution in [3.63, 3.8) is 0 Å². The van der Waals surface area contributed by atoms with Gasteiger partial charge in [-0.15, -0.1) is 0 Å². The third-order valence-electron chi connectivity index (χ3n) is 5.04. The molecule has 2 aromatic carbocycles. The summed E-state index contributed by atoms with van der Waals surface area (Å²) in [6, 6.07) is 12.9. The molecule has 1 fully saturated rings. The van der Waals surface area contributed by atoms with Gasteiger partial charge in [-0.25, -0.2) is 0 Å². The minimum Gasteiger partial charge on any atom is -0.481 e. The molecular weight excluding hydrogens is 381 g/mol. The minimum absolute atomic E-state index is 0.0855. The number of ether oxygens (including phenoxy) is 1. The largest absolute Gasteiger partial charge is 0.481 e. The zero-order valence-electron chi connectivity index (χ0n) is 16.6. The number of hydrogen-bond acceptors (Lipinski definition) is 3. The first kappa shape index (κ1) is 21.0. The van der Waals surface area contributed by atoms with Crippen LogP contribution in [0.25, 0.3) is 0 Å². The van der Waals surface area contributed by atoms with Gasteiger partial charge in [0.2, 0.25) is 0 Å². The Hall–Kier alpha value is -2.70. The summed E-state index contributed by atoms with van der Waals surface area (Å²) in [6.45, 7) is 5.72. The number of rotatable bonds is 5. The number of carbonyl (C=O) groups is 1. The molecule has 1 aliphatic heterocycles. The molecule has 1 aliphatic rings. The zero-order valence-corrected chi connectivity index (χ0v) is 16.6. The summed E-state index contributed by atoms with van der Waals surface area (Å²) < 4.78 is 44.7. The molecule has 156 valence electrons. The van der Waals surface area contributed by atoms with Crippen LogP contribution in [0, 0.1) is 6.92 Å². The molecule has 0 unspecified atom stereocenters. The van der Waals surface area contributed by atoms with E-state index >= 15 is 0 Å². The van der Waals surface area contributed by atoms with Gasteiger partial charge in [0.15, 0.2) is 6.10 Å². The lowest BCUT2D eigenvalue weighted by Gasteiger charge is -2.37. The fourth-order valence-electron chi connectivity index (χ4n) is 3.43. The normalized spacial score (nSPS) is 15.9. The van der Waals surface area contributed by atoms with Crippen molar-refractivity contribution in [2.45, 2.75) is 32.5 Å².